The smallest absolute Gasteiger partial charge is 0.344 e. The Morgan fingerprint density at radius 3 is 2.61 bits per heavy atom. The summed E-state index contributed by atoms with van der Waals surface area (Å²) in [6.07, 6.45) is 8.64. The predicted octanol–water partition coefficient (Wildman–Crippen LogP) is 5.08. The van der Waals surface area contributed by atoms with E-state index in [1.165, 1.54) is 36.3 Å². The van der Waals surface area contributed by atoms with Crippen molar-refractivity contribution in [1.82, 2.24) is 14.8 Å². The van der Waals surface area contributed by atoms with Crippen molar-refractivity contribution in [3.05, 3.63) is 88.1 Å². The molecule has 1 aromatic heterocycles. The first-order valence-corrected chi connectivity index (χ1v) is 19.8. The number of esters is 2. The van der Waals surface area contributed by atoms with E-state index in [-0.39, 0.29) is 12.6 Å². The molecule has 1 saturated carbocycles. The summed E-state index contributed by atoms with van der Waals surface area (Å²) in [4.78, 5) is 38.2. The third-order valence-electron chi connectivity index (χ3n) is 14.7. The van der Waals surface area contributed by atoms with E-state index in [2.05, 4.69) is 90.2 Å². The number of aliphatic hydroxyl groups is 2. The van der Waals surface area contributed by atoms with Gasteiger partial charge in [0.05, 0.1) is 19.8 Å². The van der Waals surface area contributed by atoms with E-state index in [1.807, 2.05) is 11.9 Å². The van der Waals surface area contributed by atoms with Crippen LogP contribution in [0.3, 0.4) is 0 Å². The van der Waals surface area contributed by atoms with Gasteiger partial charge in [-0.2, -0.15) is 0 Å². The summed E-state index contributed by atoms with van der Waals surface area (Å²) in [7, 11) is 3.22. The first-order valence-electron chi connectivity index (χ1n) is 19.8. The maximum atomic E-state index is 14.3. The molecule has 10 nitrogen and oxygen atoms in total. The fourth-order valence-electron chi connectivity index (χ4n) is 12.8. The summed E-state index contributed by atoms with van der Waals surface area (Å²) in [6, 6.07) is 12.1. The molecule has 3 aromatic rings. The van der Waals surface area contributed by atoms with Crippen LogP contribution in [0.5, 0.6) is 0 Å². The predicted molar refractivity (Wildman–Crippen MR) is 207 cm³/mol. The standard InChI is InChI=1S/C44H54N4O6/c1-7-27-18-28-21-41(4,36-31(24-47(22-27)23-28)30-12-9-10-13-34(30)45-36)32-20-33-35(19-29(32)25-49)46(5)38-43(33)15-17-48-16-11-14-42(8-2,37(43)48)39(54-26(3)50)44(38,52)40(51)53-6/h9-14,18-20,28,37-39,45,49,52H,7-8,15-17,21-25H2,1-6H3/t28?,37?,38?,39-,41-,42-,43-,44+/m1/s1. The van der Waals surface area contributed by atoms with Gasteiger partial charge in [0.1, 0.15) is 0 Å². The van der Waals surface area contributed by atoms with Gasteiger partial charge in [-0.05, 0) is 79.5 Å². The molecule has 3 N–H and O–H groups in total. The number of aromatic amines is 1. The van der Waals surface area contributed by atoms with Crippen LogP contribution in [0.2, 0.25) is 0 Å². The Labute approximate surface area is 317 Å². The summed E-state index contributed by atoms with van der Waals surface area (Å²) in [5.74, 6) is -1.05. The maximum absolute atomic E-state index is 14.3. The minimum absolute atomic E-state index is 0.166. The lowest BCUT2D eigenvalue weighted by Gasteiger charge is -2.63. The van der Waals surface area contributed by atoms with Crippen molar-refractivity contribution in [3.8, 4) is 0 Å². The zero-order chi connectivity index (χ0) is 37.9. The number of fused-ring (bicyclic) bond motifs is 6. The number of likely N-dealkylation sites (N-methyl/N-ethyl adjacent to an activating group) is 1. The Bertz CT molecular complexity index is 2120. The van der Waals surface area contributed by atoms with Crippen LogP contribution in [0, 0.1) is 11.3 Å². The summed E-state index contributed by atoms with van der Waals surface area (Å²) in [5.41, 5.74) is 4.60. The Balaban J connectivity index is 1.32. The first-order chi connectivity index (χ1) is 25.9. The third-order valence-corrected chi connectivity index (χ3v) is 14.7. The molecule has 9 atom stereocenters. The molecule has 9 rings (SSSR count). The lowest BCUT2D eigenvalue weighted by molar-refractivity contribution is -0.228. The molecule has 54 heavy (non-hydrogen) atoms. The van der Waals surface area contributed by atoms with Gasteiger partial charge in [0.15, 0.2) is 6.10 Å². The van der Waals surface area contributed by atoms with Gasteiger partial charge in [0.25, 0.3) is 0 Å². The molecular formula is C44H54N4O6. The fraction of sp³-hybridized carbons (Fsp3) is 0.545. The fourth-order valence-corrected chi connectivity index (χ4v) is 12.8. The van der Waals surface area contributed by atoms with Crippen LogP contribution in [-0.2, 0) is 43.0 Å². The summed E-state index contributed by atoms with van der Waals surface area (Å²) in [6.45, 7) is 12.1. The number of nitrogens with zero attached hydrogens (tertiary/aromatic N) is 3. The van der Waals surface area contributed by atoms with Gasteiger partial charge in [-0.25, -0.2) is 4.79 Å². The van der Waals surface area contributed by atoms with E-state index in [9.17, 15) is 19.8 Å². The van der Waals surface area contributed by atoms with E-state index in [0.717, 1.165) is 73.5 Å². The average molecular weight is 735 g/mol. The van der Waals surface area contributed by atoms with Crippen molar-refractivity contribution in [2.45, 2.75) is 101 Å². The van der Waals surface area contributed by atoms with Gasteiger partial charge in [0.2, 0.25) is 5.60 Å². The lowest BCUT2D eigenvalue weighted by Crippen LogP contribution is -2.81. The number of nitrogens with one attached hydrogen (secondary N) is 1. The Morgan fingerprint density at radius 1 is 1.09 bits per heavy atom. The number of H-pyrrole nitrogens is 1. The van der Waals surface area contributed by atoms with Gasteiger partial charge in [0, 0.05) is 84.7 Å². The Kier molecular flexibility index (Phi) is 8.12. The average Bonchev–Trinajstić information content (AvgIpc) is 3.82. The van der Waals surface area contributed by atoms with E-state index < -0.39 is 45.9 Å². The van der Waals surface area contributed by atoms with E-state index in [1.54, 1.807) is 0 Å². The number of rotatable bonds is 6. The molecule has 2 bridgehead atoms. The highest BCUT2D eigenvalue weighted by molar-refractivity contribution is 5.88. The summed E-state index contributed by atoms with van der Waals surface area (Å²) in [5, 5.41) is 25.8. The molecule has 6 aliphatic rings. The number of carbonyl (C=O) groups is 2. The number of anilines is 1. The molecule has 0 amide bonds. The molecule has 0 radical (unpaired) electrons. The third kappa shape index (κ3) is 4.48. The lowest BCUT2D eigenvalue weighted by atomic mass is 9.47. The second-order valence-corrected chi connectivity index (χ2v) is 17.2. The number of aliphatic hydroxyl groups excluding tert-OH is 1. The van der Waals surface area contributed by atoms with Gasteiger partial charge in [-0.1, -0.05) is 61.9 Å². The van der Waals surface area contributed by atoms with Crippen molar-refractivity contribution in [2.75, 3.05) is 45.2 Å². The number of aromatic nitrogens is 1. The van der Waals surface area contributed by atoms with E-state index in [4.69, 9.17) is 9.47 Å². The molecule has 6 heterocycles. The van der Waals surface area contributed by atoms with Crippen LogP contribution >= 0.6 is 0 Å². The molecular weight excluding hydrogens is 681 g/mol. The van der Waals surface area contributed by atoms with Crippen LogP contribution in [0.25, 0.3) is 10.9 Å². The van der Waals surface area contributed by atoms with E-state index in [0.29, 0.717) is 18.8 Å². The summed E-state index contributed by atoms with van der Waals surface area (Å²) >= 11 is 0. The molecule has 1 aliphatic carbocycles. The number of hydrogen-bond donors (Lipinski definition) is 3. The summed E-state index contributed by atoms with van der Waals surface area (Å²) < 4.78 is 11.6. The molecule has 10 heteroatoms. The highest BCUT2D eigenvalue weighted by Gasteiger charge is 2.80. The monoisotopic (exact) mass is 734 g/mol. The van der Waals surface area contributed by atoms with Gasteiger partial charge >= 0.3 is 11.9 Å². The second-order valence-electron chi connectivity index (χ2n) is 17.2. The normalized spacial score (nSPS) is 36.4. The van der Waals surface area contributed by atoms with Crippen LogP contribution in [0.1, 0.15) is 81.3 Å². The van der Waals surface area contributed by atoms with Crippen LogP contribution in [0.15, 0.2) is 60.2 Å². The Hall–Kier alpha value is -3.96. The van der Waals surface area contributed by atoms with Crippen molar-refractivity contribution in [1.29, 1.82) is 0 Å². The zero-order valence-electron chi connectivity index (χ0n) is 32.4. The number of methoxy groups -OCH3 is 1. The number of ether oxygens (including phenoxy) is 2. The van der Waals surface area contributed by atoms with Crippen molar-refractivity contribution < 1.29 is 29.3 Å². The SMILES string of the molecule is CCC1=CC2CN(C1)Cc1c([nH]c3ccccc13)[C@@](C)(c1cc3c(cc1CO)N(C)C1[C@]34CCN3CC=C[C@](CC)(C34)[C@@H](OC(C)=O)[C@]1(O)C(=O)OC)C2. The number of para-hydroxylation sites is 1. The van der Waals surface area contributed by atoms with E-state index >= 15 is 0 Å². The molecule has 2 aromatic carbocycles. The maximum Gasteiger partial charge on any atom is 0.344 e. The minimum Gasteiger partial charge on any atom is -0.467 e. The first kappa shape index (κ1) is 35.7. The number of benzene rings is 2. The van der Waals surface area contributed by atoms with Gasteiger partial charge < -0.3 is 29.6 Å². The minimum atomic E-state index is -2.20. The second kappa shape index (κ2) is 12.3. The van der Waals surface area contributed by atoms with Crippen molar-refractivity contribution in [2.24, 2.45) is 11.3 Å². The Morgan fingerprint density at radius 2 is 1.89 bits per heavy atom. The molecule has 2 fully saturated rings. The topological polar surface area (TPSA) is 119 Å². The van der Waals surface area contributed by atoms with Gasteiger partial charge in [-0.3, -0.25) is 14.6 Å². The van der Waals surface area contributed by atoms with Crippen LogP contribution in [0.4, 0.5) is 5.69 Å². The zero-order valence-corrected chi connectivity index (χ0v) is 32.4. The molecule has 5 aliphatic heterocycles. The highest BCUT2D eigenvalue weighted by Crippen LogP contribution is 2.68. The van der Waals surface area contributed by atoms with Crippen LogP contribution < -0.4 is 4.90 Å². The molecule has 1 saturated heterocycles. The largest absolute Gasteiger partial charge is 0.467 e. The van der Waals surface area contributed by atoms with Crippen molar-refractivity contribution in [3.63, 3.8) is 0 Å². The number of carbonyl (C=O) groups excluding carboxylic acids is 2. The van der Waals surface area contributed by atoms with Crippen LogP contribution in [-0.4, -0.2) is 101 Å². The highest BCUT2D eigenvalue weighted by atomic mass is 16.6. The quantitative estimate of drug-likeness (QED) is 0.235. The van der Waals surface area contributed by atoms with Crippen molar-refractivity contribution >= 4 is 28.5 Å². The number of hydrogen-bond acceptors (Lipinski definition) is 9. The van der Waals surface area contributed by atoms with Gasteiger partial charge in [-0.15, -0.1) is 0 Å². The molecule has 4 unspecified atom stereocenters. The molecule has 286 valence electrons. The molecule has 1 spiro atoms.